The van der Waals surface area contributed by atoms with Crippen molar-refractivity contribution in [3.05, 3.63) is 22.2 Å². The van der Waals surface area contributed by atoms with Crippen LogP contribution in [-0.2, 0) is 11.4 Å². The van der Waals surface area contributed by atoms with E-state index in [-0.39, 0.29) is 4.60 Å². The van der Waals surface area contributed by atoms with Crippen molar-refractivity contribution >= 4 is 46.3 Å². The maximum atomic E-state index is 15.3. The Morgan fingerprint density at radius 2 is 1.77 bits per heavy atom. The molecule has 0 fully saturated rings. The summed E-state index contributed by atoms with van der Waals surface area (Å²) in [6.07, 6.45) is -3.08. The number of alkyl halides is 2. The lowest BCUT2D eigenvalue weighted by Gasteiger charge is -2.29. The first-order valence-electron chi connectivity index (χ1n) is 8.59. The topological polar surface area (TPSA) is 48.3 Å². The number of nitrogens with zero attached hydrogens (tertiary/aromatic N) is 2. The molecule has 0 saturated carbocycles. The molecule has 148 valence electrons. The van der Waals surface area contributed by atoms with Crippen molar-refractivity contribution in [3.8, 4) is 0 Å². The summed E-state index contributed by atoms with van der Waals surface area (Å²) in [6, 6.07) is 3.98. The monoisotopic (exact) mass is 470 g/mol. The summed E-state index contributed by atoms with van der Waals surface area (Å²) in [6.45, 7) is 10.9. The molecule has 3 nitrogen and oxygen atoms in total. The van der Waals surface area contributed by atoms with Crippen LogP contribution in [0.3, 0.4) is 0 Å². The maximum absolute atomic E-state index is 15.3. The van der Waals surface area contributed by atoms with Gasteiger partial charge in [0.2, 0.25) is 0 Å². The number of rotatable bonds is 7. The Balaban J connectivity index is 3.69. The zero-order valence-electron chi connectivity index (χ0n) is 16.0. The molecular formula is C17H26BrF3N2OSSi. The van der Waals surface area contributed by atoms with E-state index in [1.54, 1.807) is 26.8 Å². The standard InChI is InChI=1S/C17H26BrF3N2OSSi/c1-7-26(8-2,9-3)11-10-12(18)22-14(13(11)19)15(16(20)21)23-25(24)17(4,5)6/h10,16H,7-9H2,1-6H3. The summed E-state index contributed by atoms with van der Waals surface area (Å²) in [7, 11) is -2.18. The van der Waals surface area contributed by atoms with Crippen LogP contribution in [-0.4, -0.2) is 34.5 Å². The van der Waals surface area contributed by atoms with Gasteiger partial charge in [0.25, 0.3) is 6.43 Å². The minimum Gasteiger partial charge on any atom is -0.591 e. The Morgan fingerprint density at radius 3 is 2.15 bits per heavy atom. The van der Waals surface area contributed by atoms with Crippen molar-refractivity contribution in [2.24, 2.45) is 4.40 Å². The maximum Gasteiger partial charge on any atom is 0.287 e. The van der Waals surface area contributed by atoms with Crippen LogP contribution in [0.1, 0.15) is 47.2 Å². The van der Waals surface area contributed by atoms with Crippen molar-refractivity contribution in [2.45, 2.75) is 70.8 Å². The van der Waals surface area contributed by atoms with E-state index < -0.39 is 47.8 Å². The molecule has 0 bridgehead atoms. The van der Waals surface area contributed by atoms with Gasteiger partial charge >= 0.3 is 0 Å². The van der Waals surface area contributed by atoms with E-state index in [1.165, 1.54) is 0 Å². The summed E-state index contributed by atoms with van der Waals surface area (Å²) in [4.78, 5) is 3.93. The first kappa shape index (κ1) is 23.7. The molecule has 0 aromatic carbocycles. The molecule has 0 radical (unpaired) electrons. The molecule has 1 aromatic rings. The molecule has 1 rings (SSSR count). The Kier molecular flexibility index (Phi) is 8.38. The van der Waals surface area contributed by atoms with E-state index in [0.29, 0.717) is 5.19 Å². The molecule has 0 saturated heterocycles. The highest BCUT2D eigenvalue weighted by molar-refractivity contribution is 9.10. The fourth-order valence-corrected chi connectivity index (χ4v) is 7.69. The quantitative estimate of drug-likeness (QED) is 0.237. The molecule has 0 spiro atoms. The third kappa shape index (κ3) is 5.11. The van der Waals surface area contributed by atoms with Gasteiger partial charge in [0.1, 0.15) is 32.2 Å². The number of hydrogen-bond donors (Lipinski definition) is 0. The van der Waals surface area contributed by atoms with Crippen LogP contribution in [0.5, 0.6) is 0 Å². The second kappa shape index (κ2) is 9.21. The van der Waals surface area contributed by atoms with E-state index in [2.05, 4.69) is 25.3 Å². The molecule has 0 aliphatic carbocycles. The third-order valence-corrected chi connectivity index (χ3v) is 12.1. The number of aromatic nitrogens is 1. The molecule has 1 unspecified atom stereocenters. The van der Waals surface area contributed by atoms with Gasteiger partial charge in [-0.05, 0) is 48.0 Å². The molecule has 9 heteroatoms. The predicted molar refractivity (Wildman–Crippen MR) is 109 cm³/mol. The van der Waals surface area contributed by atoms with E-state index in [0.717, 1.165) is 18.1 Å². The average Bonchev–Trinajstić information content (AvgIpc) is 2.56. The highest BCUT2D eigenvalue weighted by atomic mass is 79.9. The highest BCUT2D eigenvalue weighted by Gasteiger charge is 2.37. The molecule has 26 heavy (non-hydrogen) atoms. The van der Waals surface area contributed by atoms with Crippen molar-refractivity contribution in [2.75, 3.05) is 0 Å². The normalized spacial score (nSPS) is 14.8. The van der Waals surface area contributed by atoms with E-state index in [1.807, 2.05) is 20.8 Å². The lowest BCUT2D eigenvalue weighted by atomic mass is 10.2. The van der Waals surface area contributed by atoms with Crippen molar-refractivity contribution < 1.29 is 17.7 Å². The van der Waals surface area contributed by atoms with Crippen LogP contribution in [0.15, 0.2) is 15.1 Å². The zero-order valence-corrected chi connectivity index (χ0v) is 19.4. The number of halogens is 4. The van der Waals surface area contributed by atoms with Crippen LogP contribution in [0.4, 0.5) is 13.2 Å². The zero-order chi connectivity index (χ0) is 20.3. The van der Waals surface area contributed by atoms with Gasteiger partial charge in [0, 0.05) is 0 Å². The van der Waals surface area contributed by atoms with Crippen LogP contribution in [0.2, 0.25) is 18.1 Å². The fourth-order valence-electron chi connectivity index (χ4n) is 2.79. The highest BCUT2D eigenvalue weighted by Crippen LogP contribution is 2.26. The fraction of sp³-hybridized carbons (Fsp3) is 0.647. The van der Waals surface area contributed by atoms with Gasteiger partial charge in [-0.15, -0.1) is 0 Å². The van der Waals surface area contributed by atoms with E-state index in [4.69, 9.17) is 0 Å². The molecular weight excluding hydrogens is 445 g/mol. The van der Waals surface area contributed by atoms with Gasteiger partial charge in [-0.3, -0.25) is 0 Å². The summed E-state index contributed by atoms with van der Waals surface area (Å²) in [5.74, 6) is -0.754. The number of pyridine rings is 1. The summed E-state index contributed by atoms with van der Waals surface area (Å²) >= 11 is 1.28. The summed E-state index contributed by atoms with van der Waals surface area (Å²) in [5.41, 5.74) is -1.36. The summed E-state index contributed by atoms with van der Waals surface area (Å²) in [5, 5.41) is 0.469. The third-order valence-electron chi connectivity index (χ3n) is 4.68. The number of hydrogen-bond acceptors (Lipinski definition) is 3. The van der Waals surface area contributed by atoms with E-state index in [9.17, 15) is 13.3 Å². The molecule has 0 amide bonds. The molecule has 1 heterocycles. The van der Waals surface area contributed by atoms with Crippen LogP contribution < -0.4 is 5.19 Å². The molecule has 0 aliphatic heterocycles. The Labute approximate surface area is 166 Å². The van der Waals surface area contributed by atoms with Crippen LogP contribution in [0, 0.1) is 5.82 Å². The largest absolute Gasteiger partial charge is 0.591 e. The minimum atomic E-state index is -3.08. The van der Waals surface area contributed by atoms with Gasteiger partial charge in [-0.1, -0.05) is 43.3 Å². The molecule has 0 aliphatic rings. The van der Waals surface area contributed by atoms with Gasteiger partial charge in [-0.2, -0.15) is 0 Å². The first-order valence-corrected chi connectivity index (χ1v) is 13.1. The molecule has 1 atom stereocenters. The van der Waals surface area contributed by atoms with Gasteiger partial charge < -0.3 is 4.55 Å². The average molecular weight is 471 g/mol. The second-order valence-electron chi connectivity index (χ2n) is 7.13. The summed E-state index contributed by atoms with van der Waals surface area (Å²) < 4.78 is 57.9. The van der Waals surface area contributed by atoms with Gasteiger partial charge in [0.15, 0.2) is 5.71 Å². The Morgan fingerprint density at radius 1 is 1.27 bits per heavy atom. The van der Waals surface area contributed by atoms with Gasteiger partial charge in [-0.25, -0.2) is 18.2 Å². The lowest BCUT2D eigenvalue weighted by Crippen LogP contribution is -2.48. The van der Waals surface area contributed by atoms with Crippen molar-refractivity contribution in [1.82, 2.24) is 4.98 Å². The van der Waals surface area contributed by atoms with Crippen LogP contribution in [0.25, 0.3) is 0 Å². The molecule has 0 N–H and O–H groups in total. The SMILES string of the molecule is CC[Si](CC)(CC)c1cc(Br)nc(C(=N[S+]([O-])C(C)(C)C)C(F)F)c1F. The van der Waals surface area contributed by atoms with Crippen LogP contribution >= 0.6 is 15.9 Å². The lowest BCUT2D eigenvalue weighted by molar-refractivity contribution is 0.226. The smallest absolute Gasteiger partial charge is 0.287 e. The minimum absolute atomic E-state index is 0.283. The predicted octanol–water partition coefficient (Wildman–Crippen LogP) is 5.22. The Bertz CT molecular complexity index is 656. The second-order valence-corrected chi connectivity index (χ2v) is 15.1. The van der Waals surface area contributed by atoms with Crippen molar-refractivity contribution in [3.63, 3.8) is 0 Å². The first-order chi connectivity index (χ1) is 11.9. The Hall–Kier alpha value is -0.383. The van der Waals surface area contributed by atoms with Gasteiger partial charge in [0.05, 0.1) is 8.07 Å². The van der Waals surface area contributed by atoms with E-state index >= 15 is 4.39 Å². The van der Waals surface area contributed by atoms with Crippen molar-refractivity contribution in [1.29, 1.82) is 0 Å². The molecule has 1 aromatic heterocycles.